The molecule has 98 valence electrons. The first-order valence-corrected chi connectivity index (χ1v) is 6.62. The van der Waals surface area contributed by atoms with E-state index in [1.807, 2.05) is 23.1 Å². The zero-order valence-corrected chi connectivity index (χ0v) is 10.9. The number of nitrogens with two attached hydrogens (primary N) is 1. The Kier molecular flexibility index (Phi) is 4.31. The fourth-order valence-corrected chi connectivity index (χ4v) is 2.50. The molecule has 1 fully saturated rings. The van der Waals surface area contributed by atoms with Crippen molar-refractivity contribution in [3.63, 3.8) is 0 Å². The molecule has 1 aromatic heterocycles. The first kappa shape index (κ1) is 13.0. The maximum absolute atomic E-state index is 12.1. The van der Waals surface area contributed by atoms with Crippen LogP contribution in [-0.4, -0.2) is 34.4 Å². The number of hydrogen-bond acceptors (Lipinski definition) is 3. The van der Waals surface area contributed by atoms with Gasteiger partial charge in [0.2, 0.25) is 5.91 Å². The Morgan fingerprint density at radius 1 is 1.56 bits per heavy atom. The Labute approximate surface area is 108 Å². The molecule has 0 saturated carbocycles. The Hall–Kier alpha value is -1.42. The second-order valence-electron chi connectivity index (χ2n) is 5.04. The summed E-state index contributed by atoms with van der Waals surface area (Å²) >= 11 is 0. The minimum absolute atomic E-state index is 0.222. The van der Waals surface area contributed by atoms with Crippen LogP contribution in [0.4, 0.5) is 0 Å². The van der Waals surface area contributed by atoms with Crippen molar-refractivity contribution in [3.05, 3.63) is 30.1 Å². The van der Waals surface area contributed by atoms with Gasteiger partial charge in [-0.2, -0.15) is 0 Å². The van der Waals surface area contributed by atoms with Crippen LogP contribution < -0.4 is 5.73 Å². The van der Waals surface area contributed by atoms with Crippen LogP contribution in [0.5, 0.6) is 0 Å². The number of rotatable bonds is 3. The molecule has 4 heteroatoms. The normalized spacial score (nSPS) is 24.0. The number of carbonyl (C=O) groups is 1. The lowest BCUT2D eigenvalue weighted by Crippen LogP contribution is -2.48. The van der Waals surface area contributed by atoms with Crippen molar-refractivity contribution in [1.29, 1.82) is 0 Å². The minimum atomic E-state index is 0.222. The Morgan fingerprint density at radius 2 is 2.39 bits per heavy atom. The molecular weight excluding hydrogens is 226 g/mol. The molecule has 2 heterocycles. The number of aryl methyl sites for hydroxylation is 1. The van der Waals surface area contributed by atoms with Crippen LogP contribution >= 0.6 is 0 Å². The van der Waals surface area contributed by atoms with E-state index >= 15 is 0 Å². The summed E-state index contributed by atoms with van der Waals surface area (Å²) in [5.74, 6) is 0.222. The quantitative estimate of drug-likeness (QED) is 0.877. The van der Waals surface area contributed by atoms with E-state index < -0.39 is 0 Å². The van der Waals surface area contributed by atoms with Gasteiger partial charge >= 0.3 is 0 Å². The third kappa shape index (κ3) is 3.29. The van der Waals surface area contributed by atoms with Crippen molar-refractivity contribution >= 4 is 5.91 Å². The van der Waals surface area contributed by atoms with E-state index in [1.54, 1.807) is 6.20 Å². The molecule has 2 unspecified atom stereocenters. The molecule has 2 atom stereocenters. The summed E-state index contributed by atoms with van der Waals surface area (Å²) in [4.78, 5) is 18.3. The van der Waals surface area contributed by atoms with E-state index in [2.05, 4.69) is 11.9 Å². The second-order valence-corrected chi connectivity index (χ2v) is 5.04. The fourth-order valence-electron chi connectivity index (χ4n) is 2.50. The SMILES string of the molecule is CC1CC(N)CCN1C(=O)CCc1ccccn1. The van der Waals surface area contributed by atoms with Gasteiger partial charge in [0.15, 0.2) is 0 Å². The molecule has 1 aliphatic heterocycles. The van der Waals surface area contributed by atoms with E-state index in [1.165, 1.54) is 0 Å². The van der Waals surface area contributed by atoms with Crippen molar-refractivity contribution in [1.82, 2.24) is 9.88 Å². The molecule has 1 amide bonds. The second kappa shape index (κ2) is 5.96. The summed E-state index contributed by atoms with van der Waals surface area (Å²) in [6.07, 6.45) is 4.85. The lowest BCUT2D eigenvalue weighted by atomic mass is 9.98. The van der Waals surface area contributed by atoms with Crippen LogP contribution in [0.25, 0.3) is 0 Å². The average molecular weight is 247 g/mol. The number of pyridine rings is 1. The summed E-state index contributed by atoms with van der Waals surface area (Å²) in [7, 11) is 0. The average Bonchev–Trinajstić information content (AvgIpc) is 2.37. The highest BCUT2D eigenvalue weighted by atomic mass is 16.2. The molecule has 4 nitrogen and oxygen atoms in total. The molecule has 0 spiro atoms. The summed E-state index contributed by atoms with van der Waals surface area (Å²) in [5.41, 5.74) is 6.88. The zero-order valence-electron chi connectivity index (χ0n) is 10.9. The highest BCUT2D eigenvalue weighted by molar-refractivity contribution is 5.76. The number of hydrogen-bond donors (Lipinski definition) is 1. The molecule has 1 saturated heterocycles. The molecule has 1 aliphatic rings. The topological polar surface area (TPSA) is 59.2 Å². The van der Waals surface area contributed by atoms with Gasteiger partial charge in [-0.3, -0.25) is 9.78 Å². The third-order valence-corrected chi connectivity index (χ3v) is 3.56. The molecule has 0 radical (unpaired) electrons. The van der Waals surface area contributed by atoms with E-state index in [4.69, 9.17) is 5.73 Å². The maximum atomic E-state index is 12.1. The van der Waals surface area contributed by atoms with Crippen molar-refractivity contribution in [3.8, 4) is 0 Å². The van der Waals surface area contributed by atoms with Crippen molar-refractivity contribution in [2.75, 3.05) is 6.54 Å². The van der Waals surface area contributed by atoms with Crippen LogP contribution in [0.15, 0.2) is 24.4 Å². The maximum Gasteiger partial charge on any atom is 0.223 e. The summed E-state index contributed by atoms with van der Waals surface area (Å²) in [6.45, 7) is 2.88. The van der Waals surface area contributed by atoms with Gasteiger partial charge in [-0.25, -0.2) is 0 Å². The van der Waals surface area contributed by atoms with E-state index in [-0.39, 0.29) is 18.0 Å². The van der Waals surface area contributed by atoms with Gasteiger partial charge in [0.1, 0.15) is 0 Å². The molecule has 2 rings (SSSR count). The third-order valence-electron chi connectivity index (χ3n) is 3.56. The minimum Gasteiger partial charge on any atom is -0.340 e. The number of likely N-dealkylation sites (tertiary alicyclic amines) is 1. The van der Waals surface area contributed by atoms with Crippen molar-refractivity contribution < 1.29 is 4.79 Å². The predicted molar refractivity (Wildman–Crippen MR) is 70.9 cm³/mol. The Balaban J connectivity index is 1.85. The van der Waals surface area contributed by atoms with Crippen LogP contribution in [0.3, 0.4) is 0 Å². The molecule has 18 heavy (non-hydrogen) atoms. The van der Waals surface area contributed by atoms with Gasteiger partial charge in [-0.15, -0.1) is 0 Å². The summed E-state index contributed by atoms with van der Waals surface area (Å²) < 4.78 is 0. The Bertz CT molecular complexity index is 393. The number of nitrogens with zero attached hydrogens (tertiary/aromatic N) is 2. The highest BCUT2D eigenvalue weighted by Gasteiger charge is 2.26. The summed E-state index contributed by atoms with van der Waals surface area (Å²) in [6, 6.07) is 6.32. The highest BCUT2D eigenvalue weighted by Crippen LogP contribution is 2.17. The largest absolute Gasteiger partial charge is 0.340 e. The van der Waals surface area contributed by atoms with Crippen LogP contribution in [-0.2, 0) is 11.2 Å². The fraction of sp³-hybridized carbons (Fsp3) is 0.571. The smallest absolute Gasteiger partial charge is 0.223 e. The lowest BCUT2D eigenvalue weighted by Gasteiger charge is -2.36. The standard InChI is InChI=1S/C14H21N3O/c1-11-10-12(15)7-9-17(11)14(18)6-5-13-4-2-3-8-16-13/h2-4,8,11-12H,5-7,9-10,15H2,1H3. The first-order chi connectivity index (χ1) is 8.66. The van der Waals surface area contributed by atoms with Gasteiger partial charge in [0.25, 0.3) is 0 Å². The lowest BCUT2D eigenvalue weighted by molar-refractivity contribution is -0.134. The van der Waals surface area contributed by atoms with Crippen LogP contribution in [0.2, 0.25) is 0 Å². The number of aromatic nitrogens is 1. The predicted octanol–water partition coefficient (Wildman–Crippen LogP) is 1.35. The number of piperidine rings is 1. The van der Waals surface area contributed by atoms with Gasteiger partial charge in [0.05, 0.1) is 0 Å². The number of carbonyl (C=O) groups excluding carboxylic acids is 1. The van der Waals surface area contributed by atoms with Gasteiger partial charge in [-0.1, -0.05) is 6.07 Å². The first-order valence-electron chi connectivity index (χ1n) is 6.62. The molecular formula is C14H21N3O. The van der Waals surface area contributed by atoms with Crippen molar-refractivity contribution in [2.24, 2.45) is 5.73 Å². The van der Waals surface area contributed by atoms with Gasteiger partial charge in [-0.05, 0) is 38.3 Å². The van der Waals surface area contributed by atoms with Crippen LogP contribution in [0, 0.1) is 0 Å². The molecule has 1 aromatic rings. The van der Waals surface area contributed by atoms with Crippen LogP contribution in [0.1, 0.15) is 31.9 Å². The number of amides is 1. The van der Waals surface area contributed by atoms with E-state index in [9.17, 15) is 4.79 Å². The molecule has 0 aliphatic carbocycles. The molecule has 0 aromatic carbocycles. The Morgan fingerprint density at radius 3 is 3.06 bits per heavy atom. The monoisotopic (exact) mass is 247 g/mol. The van der Waals surface area contributed by atoms with Gasteiger partial charge < -0.3 is 10.6 Å². The molecule has 2 N–H and O–H groups in total. The molecule has 0 bridgehead atoms. The zero-order chi connectivity index (χ0) is 13.0. The van der Waals surface area contributed by atoms with Crippen molar-refractivity contribution in [2.45, 2.75) is 44.7 Å². The van der Waals surface area contributed by atoms with Gasteiger partial charge in [0, 0.05) is 36.9 Å². The van der Waals surface area contributed by atoms with E-state index in [0.29, 0.717) is 6.42 Å². The van der Waals surface area contributed by atoms with E-state index in [0.717, 1.165) is 31.5 Å². The summed E-state index contributed by atoms with van der Waals surface area (Å²) in [5, 5.41) is 0.